The molecule has 2 nitrogen and oxygen atoms in total. The van der Waals surface area contributed by atoms with Crippen molar-refractivity contribution in [2.45, 2.75) is 6.42 Å². The van der Waals surface area contributed by atoms with Crippen LogP contribution in [0, 0.1) is 0 Å². The number of pyridine rings is 1. The number of para-hydroxylation sites is 1. The van der Waals surface area contributed by atoms with Crippen molar-refractivity contribution in [3.63, 3.8) is 0 Å². The molecule has 3 aromatic rings. The van der Waals surface area contributed by atoms with E-state index in [1.165, 1.54) is 5.56 Å². The summed E-state index contributed by atoms with van der Waals surface area (Å²) in [6, 6.07) is 19.7. The summed E-state index contributed by atoms with van der Waals surface area (Å²) in [6.45, 7) is 0. The number of aromatic nitrogens is 1. The average molecular weight is 249 g/mol. The minimum Gasteiger partial charge on any atom is -0.347 e. The van der Waals surface area contributed by atoms with Crippen LogP contribution in [0.25, 0.3) is 10.9 Å². The topological polar surface area (TPSA) is 22.0 Å². The fourth-order valence-electron chi connectivity index (χ4n) is 2.43. The molecule has 0 radical (unpaired) electrons. The molecule has 0 unspecified atom stereocenters. The van der Waals surface area contributed by atoms with Crippen LogP contribution < -0.4 is 5.43 Å². The van der Waals surface area contributed by atoms with Gasteiger partial charge in [0.15, 0.2) is 5.43 Å². The highest BCUT2D eigenvalue weighted by molar-refractivity contribution is 5.79. The zero-order chi connectivity index (χ0) is 13.2. The second-order valence-corrected chi connectivity index (χ2v) is 4.74. The second-order valence-electron chi connectivity index (χ2n) is 4.74. The zero-order valence-electron chi connectivity index (χ0n) is 10.8. The summed E-state index contributed by atoms with van der Waals surface area (Å²) < 4.78 is 2.10. The van der Waals surface area contributed by atoms with Crippen LogP contribution in [-0.4, -0.2) is 4.57 Å². The summed E-state index contributed by atoms with van der Waals surface area (Å²) in [7, 11) is 2.01. The molecule has 19 heavy (non-hydrogen) atoms. The number of aryl methyl sites for hydroxylation is 1. The molecule has 0 saturated heterocycles. The van der Waals surface area contributed by atoms with Gasteiger partial charge in [0, 0.05) is 30.6 Å². The Bertz CT molecular complexity index is 772. The highest BCUT2D eigenvalue weighted by Crippen LogP contribution is 2.14. The Labute approximate surface area is 111 Å². The third kappa shape index (κ3) is 2.17. The van der Waals surface area contributed by atoms with Gasteiger partial charge in [-0.05, 0) is 17.7 Å². The Hall–Kier alpha value is -2.35. The summed E-state index contributed by atoms with van der Waals surface area (Å²) in [6.07, 6.45) is 0.775. The Morgan fingerprint density at radius 3 is 2.42 bits per heavy atom. The lowest BCUT2D eigenvalue weighted by atomic mass is 10.1. The van der Waals surface area contributed by atoms with E-state index in [4.69, 9.17) is 0 Å². The maximum absolute atomic E-state index is 12.1. The molecule has 2 aromatic carbocycles. The molecule has 1 aromatic heterocycles. The van der Waals surface area contributed by atoms with Crippen molar-refractivity contribution in [1.82, 2.24) is 4.57 Å². The lowest BCUT2D eigenvalue weighted by Gasteiger charge is -2.12. The molecule has 2 heteroatoms. The van der Waals surface area contributed by atoms with Gasteiger partial charge in [0.1, 0.15) is 0 Å². The minimum absolute atomic E-state index is 0.0969. The number of rotatable bonds is 2. The lowest BCUT2D eigenvalue weighted by molar-refractivity contribution is 0.861. The maximum Gasteiger partial charge on any atom is 0.189 e. The molecule has 0 aliphatic rings. The minimum atomic E-state index is 0.0969. The Kier molecular flexibility index (Phi) is 2.92. The summed E-state index contributed by atoms with van der Waals surface area (Å²) >= 11 is 0. The van der Waals surface area contributed by atoms with Crippen molar-refractivity contribution in [2.24, 2.45) is 7.05 Å². The first-order valence-corrected chi connectivity index (χ1v) is 6.37. The van der Waals surface area contributed by atoms with Crippen molar-refractivity contribution < 1.29 is 0 Å². The van der Waals surface area contributed by atoms with Gasteiger partial charge in [0.25, 0.3) is 0 Å². The van der Waals surface area contributed by atoms with Crippen molar-refractivity contribution in [3.05, 3.63) is 82.1 Å². The van der Waals surface area contributed by atoms with E-state index in [0.29, 0.717) is 0 Å². The summed E-state index contributed by atoms with van der Waals surface area (Å²) in [5.74, 6) is 0. The molecular weight excluding hydrogens is 234 g/mol. The van der Waals surface area contributed by atoms with E-state index in [1.807, 2.05) is 49.5 Å². The van der Waals surface area contributed by atoms with E-state index in [2.05, 4.69) is 16.7 Å². The van der Waals surface area contributed by atoms with Crippen LogP contribution in [-0.2, 0) is 13.5 Å². The molecule has 1 heterocycles. The standard InChI is InChI=1S/C17H15NO/c1-18-14(11-13-7-3-2-4-8-13)12-17(19)15-9-5-6-10-16(15)18/h2-10,12H,11H2,1H3. The predicted molar refractivity (Wildman–Crippen MR) is 78.4 cm³/mol. The number of fused-ring (bicyclic) bond motifs is 1. The largest absolute Gasteiger partial charge is 0.347 e. The van der Waals surface area contributed by atoms with E-state index < -0.39 is 0 Å². The van der Waals surface area contributed by atoms with Crippen LogP contribution in [0.4, 0.5) is 0 Å². The first-order valence-electron chi connectivity index (χ1n) is 6.37. The summed E-state index contributed by atoms with van der Waals surface area (Å²) in [5, 5.41) is 0.779. The first-order chi connectivity index (χ1) is 9.25. The van der Waals surface area contributed by atoms with Crippen LogP contribution in [0.3, 0.4) is 0 Å². The molecule has 0 N–H and O–H groups in total. The number of hydrogen-bond donors (Lipinski definition) is 0. The molecule has 0 spiro atoms. The molecule has 0 aliphatic carbocycles. The van der Waals surface area contributed by atoms with Crippen LogP contribution in [0.15, 0.2) is 65.5 Å². The van der Waals surface area contributed by atoms with Crippen molar-refractivity contribution in [1.29, 1.82) is 0 Å². The van der Waals surface area contributed by atoms with E-state index in [9.17, 15) is 4.79 Å². The Balaban J connectivity index is 2.15. The summed E-state index contributed by atoms with van der Waals surface area (Å²) in [4.78, 5) is 12.1. The first kappa shape index (κ1) is 11.7. The van der Waals surface area contributed by atoms with E-state index >= 15 is 0 Å². The highest BCUT2D eigenvalue weighted by atomic mass is 16.1. The number of benzene rings is 2. The molecule has 0 fully saturated rings. The van der Waals surface area contributed by atoms with Gasteiger partial charge in [-0.3, -0.25) is 4.79 Å². The van der Waals surface area contributed by atoms with Gasteiger partial charge in [-0.2, -0.15) is 0 Å². The Morgan fingerprint density at radius 2 is 1.63 bits per heavy atom. The highest BCUT2D eigenvalue weighted by Gasteiger charge is 2.06. The van der Waals surface area contributed by atoms with Crippen molar-refractivity contribution in [3.8, 4) is 0 Å². The van der Waals surface area contributed by atoms with Gasteiger partial charge in [0.2, 0.25) is 0 Å². The fourth-order valence-corrected chi connectivity index (χ4v) is 2.43. The van der Waals surface area contributed by atoms with Crippen LogP contribution >= 0.6 is 0 Å². The van der Waals surface area contributed by atoms with Gasteiger partial charge in [-0.15, -0.1) is 0 Å². The lowest BCUT2D eigenvalue weighted by Crippen LogP contribution is -2.11. The smallest absolute Gasteiger partial charge is 0.189 e. The maximum atomic E-state index is 12.1. The van der Waals surface area contributed by atoms with Crippen molar-refractivity contribution in [2.75, 3.05) is 0 Å². The average Bonchev–Trinajstić information content (AvgIpc) is 2.46. The van der Waals surface area contributed by atoms with Gasteiger partial charge in [-0.25, -0.2) is 0 Å². The molecular formula is C17H15NO. The third-order valence-electron chi connectivity index (χ3n) is 3.49. The third-order valence-corrected chi connectivity index (χ3v) is 3.49. The fraction of sp³-hybridized carbons (Fsp3) is 0.118. The molecule has 0 saturated carbocycles. The summed E-state index contributed by atoms with van der Waals surface area (Å²) in [5.41, 5.74) is 3.34. The molecule has 0 amide bonds. The van der Waals surface area contributed by atoms with Crippen LogP contribution in [0.2, 0.25) is 0 Å². The molecule has 94 valence electrons. The number of nitrogens with zero attached hydrogens (tertiary/aromatic N) is 1. The molecule has 0 atom stereocenters. The van der Waals surface area contributed by atoms with Gasteiger partial charge in [-0.1, -0.05) is 42.5 Å². The molecule has 0 aliphatic heterocycles. The van der Waals surface area contributed by atoms with Gasteiger partial charge < -0.3 is 4.57 Å². The molecule has 3 rings (SSSR count). The van der Waals surface area contributed by atoms with Crippen molar-refractivity contribution >= 4 is 10.9 Å². The van der Waals surface area contributed by atoms with Gasteiger partial charge >= 0.3 is 0 Å². The normalized spacial score (nSPS) is 10.8. The van der Waals surface area contributed by atoms with E-state index in [-0.39, 0.29) is 5.43 Å². The Morgan fingerprint density at radius 1 is 0.947 bits per heavy atom. The molecule has 0 bridgehead atoms. The van der Waals surface area contributed by atoms with Gasteiger partial charge in [0.05, 0.1) is 5.52 Å². The quantitative estimate of drug-likeness (QED) is 0.684. The predicted octanol–water partition coefficient (Wildman–Crippen LogP) is 3.13. The van der Waals surface area contributed by atoms with Crippen LogP contribution in [0.5, 0.6) is 0 Å². The SMILES string of the molecule is Cn1c(Cc2ccccc2)cc(=O)c2ccccc21. The second kappa shape index (κ2) is 4.73. The van der Waals surface area contributed by atoms with E-state index in [1.54, 1.807) is 6.07 Å². The zero-order valence-corrected chi connectivity index (χ0v) is 10.8. The van der Waals surface area contributed by atoms with Crippen LogP contribution in [0.1, 0.15) is 11.3 Å². The monoisotopic (exact) mass is 249 g/mol. The number of hydrogen-bond acceptors (Lipinski definition) is 1. The van der Waals surface area contributed by atoms with E-state index in [0.717, 1.165) is 23.0 Å².